The maximum absolute atomic E-state index is 10.7. The van der Waals surface area contributed by atoms with E-state index in [0.29, 0.717) is 0 Å². The first-order chi connectivity index (χ1) is 19.7. The van der Waals surface area contributed by atoms with Gasteiger partial charge in [0.25, 0.3) is 0 Å². The van der Waals surface area contributed by atoms with E-state index >= 15 is 0 Å². The van der Waals surface area contributed by atoms with Crippen LogP contribution in [0.4, 0.5) is 0 Å². The van der Waals surface area contributed by atoms with Gasteiger partial charge in [0.15, 0.2) is 0 Å². The molecule has 0 amide bonds. The van der Waals surface area contributed by atoms with Crippen LogP contribution in [0.5, 0.6) is 0 Å². The number of fused-ring (bicyclic) bond motifs is 3. The summed E-state index contributed by atoms with van der Waals surface area (Å²) in [4.78, 5) is -0.552. The van der Waals surface area contributed by atoms with Crippen LogP contribution in [0.2, 0.25) is 0 Å². The van der Waals surface area contributed by atoms with Gasteiger partial charge in [-0.25, -0.2) is 25.3 Å². The predicted molar refractivity (Wildman–Crippen MR) is 156 cm³/mol. The van der Waals surface area contributed by atoms with Gasteiger partial charge in [-0.05, 0) is 68.7 Å². The number of rotatable bonds is 3. The molecule has 6 aromatic carbocycles. The zero-order chi connectivity index (χ0) is 30.5. The van der Waals surface area contributed by atoms with Crippen molar-refractivity contribution < 1.29 is 55.7 Å². The minimum absolute atomic E-state index is 0. The van der Waals surface area contributed by atoms with E-state index < -0.39 is 30.4 Å². The van der Waals surface area contributed by atoms with Gasteiger partial charge in [-0.2, -0.15) is 0 Å². The summed E-state index contributed by atoms with van der Waals surface area (Å²) in [7, 11) is -13.0. The molecule has 0 saturated heterocycles. The maximum Gasteiger partial charge on any atom is 3.00 e. The van der Waals surface area contributed by atoms with Gasteiger partial charge in [0.05, 0.1) is 14.7 Å². The Balaban J connectivity index is 0.000000175. The normalized spacial score (nSPS) is 11.5. The predicted octanol–water partition coefficient (Wildman–Crippen LogP) is 5.23. The molecule has 0 bridgehead atoms. The SMILES string of the molecule is O=S(=O)([O-])c1ccc2ccccc2c1.O=S(=O)([O-])c1ccc2ccccc2c1.O=S(=O)([O-])c1ccc2ccccc2c1.[Co+3]. The molecule has 0 unspecified atom stereocenters. The van der Waals surface area contributed by atoms with Crippen molar-refractivity contribution >= 4 is 62.7 Å². The smallest absolute Gasteiger partial charge is 0.744 e. The summed E-state index contributed by atoms with van der Waals surface area (Å²) in [5, 5.41) is 5.01. The van der Waals surface area contributed by atoms with E-state index in [1.165, 1.54) is 36.4 Å². The standard InChI is InChI=1S/3C10H8O3S.Co/c3*11-14(12,13)10-6-5-8-3-1-2-4-9(8)7-10;/h3*1-7H,(H,11,12,13);/q;;;+3/p-3. The summed E-state index contributed by atoms with van der Waals surface area (Å²) in [5.41, 5.74) is 0. The molecule has 0 aliphatic rings. The van der Waals surface area contributed by atoms with E-state index in [-0.39, 0.29) is 31.5 Å². The van der Waals surface area contributed by atoms with Gasteiger partial charge >= 0.3 is 16.8 Å². The van der Waals surface area contributed by atoms with Crippen molar-refractivity contribution in [3.63, 3.8) is 0 Å². The molecule has 43 heavy (non-hydrogen) atoms. The van der Waals surface area contributed by atoms with Crippen molar-refractivity contribution in [3.8, 4) is 0 Å². The summed E-state index contributed by atoms with van der Waals surface area (Å²) in [6.07, 6.45) is 0. The first-order valence-electron chi connectivity index (χ1n) is 12.1. The zero-order valence-corrected chi connectivity index (χ0v) is 25.3. The van der Waals surface area contributed by atoms with Crippen LogP contribution in [0, 0.1) is 0 Å². The molecule has 6 rings (SSSR count). The van der Waals surface area contributed by atoms with Crippen LogP contribution in [0.15, 0.2) is 142 Å². The summed E-state index contributed by atoms with van der Waals surface area (Å²) >= 11 is 0. The Kier molecular flexibility index (Phi) is 10.8. The van der Waals surface area contributed by atoms with E-state index in [0.717, 1.165) is 32.3 Å². The van der Waals surface area contributed by atoms with Crippen LogP contribution in [0.25, 0.3) is 32.3 Å². The van der Waals surface area contributed by atoms with Crippen molar-refractivity contribution in [1.82, 2.24) is 0 Å². The van der Waals surface area contributed by atoms with Crippen LogP contribution in [0.3, 0.4) is 0 Å². The van der Waals surface area contributed by atoms with E-state index in [2.05, 4.69) is 0 Å². The third-order valence-corrected chi connectivity index (χ3v) is 8.52. The largest absolute Gasteiger partial charge is 3.00 e. The van der Waals surface area contributed by atoms with Crippen LogP contribution < -0.4 is 0 Å². The Labute approximate surface area is 259 Å². The monoisotopic (exact) mass is 680 g/mol. The average Bonchev–Trinajstić information content (AvgIpc) is 2.95. The molecule has 9 nitrogen and oxygen atoms in total. The molecule has 0 aliphatic heterocycles. The topological polar surface area (TPSA) is 172 Å². The van der Waals surface area contributed by atoms with E-state index in [1.54, 1.807) is 54.6 Å². The van der Waals surface area contributed by atoms with Crippen molar-refractivity contribution in [3.05, 3.63) is 127 Å². The average molecular weight is 681 g/mol. The van der Waals surface area contributed by atoms with Crippen LogP contribution in [-0.2, 0) is 47.1 Å². The van der Waals surface area contributed by atoms with Crippen molar-refractivity contribution in [2.24, 2.45) is 0 Å². The number of hydrogen-bond donors (Lipinski definition) is 0. The second kappa shape index (κ2) is 13.8. The molecule has 0 spiro atoms. The van der Waals surface area contributed by atoms with Crippen LogP contribution in [-0.4, -0.2) is 38.9 Å². The fourth-order valence-electron chi connectivity index (χ4n) is 3.97. The molecule has 0 aliphatic carbocycles. The van der Waals surface area contributed by atoms with Crippen molar-refractivity contribution in [2.45, 2.75) is 14.7 Å². The fraction of sp³-hybridized carbons (Fsp3) is 0. The van der Waals surface area contributed by atoms with Crippen molar-refractivity contribution in [1.29, 1.82) is 0 Å². The van der Waals surface area contributed by atoms with Crippen LogP contribution in [0.1, 0.15) is 0 Å². The van der Waals surface area contributed by atoms with Gasteiger partial charge in [-0.1, -0.05) is 91.0 Å². The number of benzene rings is 6. The molecule has 222 valence electrons. The van der Waals surface area contributed by atoms with Crippen LogP contribution >= 0.6 is 0 Å². The third-order valence-electron chi connectivity index (χ3n) is 6.03. The second-order valence-electron chi connectivity index (χ2n) is 8.89. The summed E-state index contributed by atoms with van der Waals surface area (Å²) in [6.45, 7) is 0. The molecule has 13 heteroatoms. The fourth-order valence-corrected chi connectivity index (χ4v) is 5.49. The van der Waals surface area contributed by atoms with E-state index in [1.807, 2.05) is 36.4 Å². The molecule has 0 radical (unpaired) electrons. The molecule has 0 N–H and O–H groups in total. The minimum atomic E-state index is -4.34. The first-order valence-corrected chi connectivity index (χ1v) is 16.3. The molecule has 0 saturated carbocycles. The third kappa shape index (κ3) is 9.16. The van der Waals surface area contributed by atoms with Gasteiger partial charge in [0.2, 0.25) is 0 Å². The first kappa shape index (κ1) is 33.8. The second-order valence-corrected chi connectivity index (χ2v) is 13.0. The molecule has 0 aromatic heterocycles. The Morgan fingerprint density at radius 3 is 0.744 bits per heavy atom. The van der Waals surface area contributed by atoms with E-state index in [9.17, 15) is 38.9 Å². The molecular formula is C30H21CoO9S3. The summed E-state index contributed by atoms with van der Waals surface area (Å²) in [6, 6.07) is 34.8. The van der Waals surface area contributed by atoms with Gasteiger partial charge in [-0.15, -0.1) is 0 Å². The Morgan fingerprint density at radius 1 is 0.326 bits per heavy atom. The zero-order valence-electron chi connectivity index (χ0n) is 21.9. The van der Waals surface area contributed by atoms with E-state index in [4.69, 9.17) is 0 Å². The molecule has 6 aromatic rings. The molecule has 0 heterocycles. The van der Waals surface area contributed by atoms with Gasteiger partial charge in [0, 0.05) is 0 Å². The molecule has 0 fully saturated rings. The number of hydrogen-bond acceptors (Lipinski definition) is 9. The quantitative estimate of drug-likeness (QED) is 0.227. The summed E-state index contributed by atoms with van der Waals surface area (Å²) in [5.74, 6) is 0. The Bertz CT molecular complexity index is 1980. The molecule has 0 atom stereocenters. The van der Waals surface area contributed by atoms with Crippen molar-refractivity contribution in [2.75, 3.05) is 0 Å². The Morgan fingerprint density at radius 2 is 0.535 bits per heavy atom. The van der Waals surface area contributed by atoms with Gasteiger partial charge in [0.1, 0.15) is 30.4 Å². The minimum Gasteiger partial charge on any atom is -0.744 e. The van der Waals surface area contributed by atoms with Gasteiger partial charge < -0.3 is 13.7 Å². The Hall–Kier alpha value is -3.66. The molecular weight excluding hydrogens is 659 g/mol. The summed E-state index contributed by atoms with van der Waals surface area (Å²) < 4.78 is 96.5. The van der Waals surface area contributed by atoms with Gasteiger partial charge in [-0.3, -0.25) is 0 Å². The maximum atomic E-state index is 10.7.